The molecule has 9 aromatic carbocycles. The van der Waals surface area contributed by atoms with Gasteiger partial charge >= 0.3 is 0 Å². The van der Waals surface area contributed by atoms with Gasteiger partial charge in [-0.15, -0.1) is 0 Å². The Kier molecular flexibility index (Phi) is 12.2. The van der Waals surface area contributed by atoms with Gasteiger partial charge in [0.1, 0.15) is 0 Å². The number of hydrogen-bond donors (Lipinski definition) is 0. The number of rotatable bonds is 13. The van der Waals surface area contributed by atoms with Crippen LogP contribution in [0.2, 0.25) is 0 Å². The smallest absolute Gasteiger partial charge is 0.0462 e. The van der Waals surface area contributed by atoms with Gasteiger partial charge in [-0.25, -0.2) is 0 Å². The summed E-state index contributed by atoms with van der Waals surface area (Å²) < 4.78 is 0. The van der Waals surface area contributed by atoms with E-state index in [-0.39, 0.29) is 21.7 Å². The molecular formula is C74H69N. The third-order valence-electron chi connectivity index (χ3n) is 18.6. The summed E-state index contributed by atoms with van der Waals surface area (Å²) in [7, 11) is 0. The van der Waals surface area contributed by atoms with Crippen molar-refractivity contribution >= 4 is 17.1 Å². The van der Waals surface area contributed by atoms with E-state index in [1.165, 1.54) is 131 Å². The van der Waals surface area contributed by atoms with Gasteiger partial charge in [-0.3, -0.25) is 0 Å². The number of hydrogen-bond acceptors (Lipinski definition) is 1. The first-order chi connectivity index (χ1) is 36.7. The van der Waals surface area contributed by atoms with E-state index >= 15 is 0 Å². The van der Waals surface area contributed by atoms with Gasteiger partial charge in [0.05, 0.1) is 0 Å². The number of aryl methyl sites for hydroxylation is 1. The van der Waals surface area contributed by atoms with Gasteiger partial charge in [0, 0.05) is 17.1 Å². The van der Waals surface area contributed by atoms with Crippen molar-refractivity contribution in [2.45, 2.75) is 99.2 Å². The predicted octanol–water partition coefficient (Wildman–Crippen LogP) is 19.5. The summed E-state index contributed by atoms with van der Waals surface area (Å²) in [6.07, 6.45) is 13.2. The highest BCUT2D eigenvalue weighted by Gasteiger charge is 2.69. The molecule has 0 heterocycles. The minimum Gasteiger partial charge on any atom is -0.311 e. The Bertz CT molecular complexity index is 3290. The summed E-state index contributed by atoms with van der Waals surface area (Å²) in [5.74, 6) is 1.50. The van der Waals surface area contributed by atoms with Crippen LogP contribution in [0.4, 0.5) is 17.1 Å². The number of anilines is 3. The van der Waals surface area contributed by atoms with E-state index in [9.17, 15) is 0 Å². The van der Waals surface area contributed by atoms with Gasteiger partial charge < -0.3 is 4.90 Å². The molecule has 0 amide bonds. The van der Waals surface area contributed by atoms with Crippen molar-refractivity contribution in [2.24, 2.45) is 11.8 Å². The zero-order valence-electron chi connectivity index (χ0n) is 43.7. The predicted molar refractivity (Wildman–Crippen MR) is 315 cm³/mol. The van der Waals surface area contributed by atoms with Crippen molar-refractivity contribution in [1.29, 1.82) is 0 Å². The summed E-state index contributed by atoms with van der Waals surface area (Å²) in [5.41, 5.74) is 20.0. The Hall–Kier alpha value is -7.48. The van der Waals surface area contributed by atoms with Crippen LogP contribution in [-0.4, -0.2) is 0 Å². The summed E-state index contributed by atoms with van der Waals surface area (Å²) in [6.45, 7) is 6.76. The standard InChI is InChI=1S/C74H69N/c1-54-43-55(2)45-57(44-54)30-29-56-17-15-20-62(46-56)60-33-39-69(40-34-60)75(68-37-31-59(32-38-68)58-18-7-3-8-19-58)70-41-35-61(36-42-70)63-21-16-28-67(47-63)74-51-71(64-22-9-4-10-23-64)48-72(52-74,65-24-11-5-12-25-65)50-73(49-71,53-74)66-26-13-6-14-27-66/h3-28,31-42,46-47,55,57H,1,29-30,43-45,48-53H2,2H3. The average Bonchev–Trinajstić information content (AvgIpc) is 3.47. The van der Waals surface area contributed by atoms with Crippen LogP contribution in [0.15, 0.2) is 255 Å². The van der Waals surface area contributed by atoms with E-state index in [4.69, 9.17) is 0 Å². The zero-order chi connectivity index (χ0) is 50.5. The first-order valence-corrected chi connectivity index (χ1v) is 27.9. The molecular weight excluding hydrogens is 903 g/mol. The minimum absolute atomic E-state index is 0.00610. The maximum absolute atomic E-state index is 4.37. The molecule has 14 rings (SSSR count). The first-order valence-electron chi connectivity index (χ1n) is 27.9. The Morgan fingerprint density at radius 2 is 0.733 bits per heavy atom. The van der Waals surface area contributed by atoms with E-state index in [0.29, 0.717) is 0 Å². The third kappa shape index (κ3) is 8.99. The SMILES string of the molecule is C=C1CC(C)CC(CCc2cccc(-c3ccc(N(c4ccc(-c5ccccc5)cc4)c4ccc(-c5cccc(C67CC8(c9ccccc9)CC(c9ccccc9)(CC(c9ccccc9)(C8)C6)C7)c5)cc4)cc3)c2)C1. The second-order valence-electron chi connectivity index (χ2n) is 23.8. The van der Waals surface area contributed by atoms with Crippen LogP contribution < -0.4 is 4.90 Å². The lowest BCUT2D eigenvalue weighted by molar-refractivity contribution is -0.0691. The van der Waals surface area contributed by atoms with E-state index in [1.54, 1.807) is 0 Å². The molecule has 0 aromatic heterocycles. The molecule has 0 spiro atoms. The zero-order valence-corrected chi connectivity index (χ0v) is 43.7. The topological polar surface area (TPSA) is 3.24 Å². The van der Waals surface area contributed by atoms with E-state index in [2.05, 4.69) is 261 Å². The Balaban J connectivity index is 0.839. The maximum Gasteiger partial charge on any atom is 0.0462 e. The lowest BCUT2D eigenvalue weighted by Crippen LogP contribution is -2.67. The largest absolute Gasteiger partial charge is 0.311 e. The Labute approximate surface area is 446 Å². The van der Waals surface area contributed by atoms with Crippen LogP contribution >= 0.6 is 0 Å². The van der Waals surface area contributed by atoms with E-state index < -0.39 is 0 Å². The summed E-state index contributed by atoms with van der Waals surface area (Å²) in [5, 5.41) is 0. The van der Waals surface area contributed by atoms with Crippen LogP contribution in [0, 0.1) is 11.8 Å². The molecule has 4 bridgehead atoms. The maximum atomic E-state index is 4.37. The quantitative estimate of drug-likeness (QED) is 0.104. The summed E-state index contributed by atoms with van der Waals surface area (Å²) in [6, 6.07) is 92.3. The van der Waals surface area contributed by atoms with Crippen LogP contribution in [0.25, 0.3) is 33.4 Å². The van der Waals surface area contributed by atoms with Crippen molar-refractivity contribution in [1.82, 2.24) is 0 Å². The van der Waals surface area contributed by atoms with Gasteiger partial charge in [0.2, 0.25) is 0 Å². The lowest BCUT2D eigenvalue weighted by atomic mass is 9.32. The normalized spacial score (nSPS) is 24.7. The third-order valence-corrected chi connectivity index (χ3v) is 18.6. The molecule has 0 radical (unpaired) electrons. The van der Waals surface area contributed by atoms with Gasteiger partial charge in [0.15, 0.2) is 0 Å². The van der Waals surface area contributed by atoms with Crippen LogP contribution in [0.3, 0.4) is 0 Å². The molecule has 5 saturated carbocycles. The van der Waals surface area contributed by atoms with E-state index in [1.807, 2.05) is 0 Å². The molecule has 1 heteroatoms. The van der Waals surface area contributed by atoms with Crippen LogP contribution in [0.1, 0.15) is 98.9 Å². The van der Waals surface area contributed by atoms with Crippen LogP contribution in [-0.2, 0) is 28.1 Å². The monoisotopic (exact) mass is 972 g/mol. The molecule has 5 aliphatic carbocycles. The fourth-order valence-corrected chi connectivity index (χ4v) is 16.0. The van der Waals surface area contributed by atoms with Gasteiger partial charge in [-0.05, 0) is 202 Å². The molecule has 0 saturated heterocycles. The Morgan fingerprint density at radius 1 is 0.373 bits per heavy atom. The van der Waals surface area contributed by atoms with Crippen molar-refractivity contribution < 1.29 is 0 Å². The van der Waals surface area contributed by atoms with Crippen LogP contribution in [0.5, 0.6) is 0 Å². The summed E-state index contributed by atoms with van der Waals surface area (Å²) >= 11 is 0. The second-order valence-corrected chi connectivity index (χ2v) is 23.8. The molecule has 5 fully saturated rings. The van der Waals surface area contributed by atoms with Crippen molar-refractivity contribution in [3.05, 3.63) is 283 Å². The first kappa shape index (κ1) is 47.2. The fraction of sp³-hybridized carbons (Fsp3) is 0.243. The van der Waals surface area contributed by atoms with Gasteiger partial charge in [-0.1, -0.05) is 225 Å². The lowest BCUT2D eigenvalue weighted by Gasteiger charge is -2.71. The van der Waals surface area contributed by atoms with Gasteiger partial charge in [0.25, 0.3) is 0 Å². The molecule has 370 valence electrons. The molecule has 2 unspecified atom stereocenters. The van der Waals surface area contributed by atoms with Gasteiger partial charge in [-0.2, -0.15) is 0 Å². The fourth-order valence-electron chi connectivity index (χ4n) is 16.0. The number of nitrogens with zero attached hydrogens (tertiary/aromatic N) is 1. The number of benzene rings is 9. The number of allylic oxidation sites excluding steroid dienone is 1. The Morgan fingerprint density at radius 3 is 1.19 bits per heavy atom. The van der Waals surface area contributed by atoms with Crippen molar-refractivity contribution in [3.63, 3.8) is 0 Å². The average molecular weight is 972 g/mol. The van der Waals surface area contributed by atoms with E-state index in [0.717, 1.165) is 35.3 Å². The molecule has 9 aromatic rings. The van der Waals surface area contributed by atoms with Crippen molar-refractivity contribution in [2.75, 3.05) is 4.90 Å². The molecule has 2 atom stereocenters. The highest BCUT2D eigenvalue weighted by Crippen LogP contribution is 2.75. The summed E-state index contributed by atoms with van der Waals surface area (Å²) in [4.78, 5) is 2.42. The van der Waals surface area contributed by atoms with Crippen molar-refractivity contribution in [3.8, 4) is 33.4 Å². The molecule has 0 N–H and O–H groups in total. The second kappa shape index (κ2) is 19.3. The molecule has 5 aliphatic rings. The molecule has 75 heavy (non-hydrogen) atoms. The highest BCUT2D eigenvalue weighted by atomic mass is 15.1. The highest BCUT2D eigenvalue weighted by molar-refractivity contribution is 5.81. The molecule has 0 aliphatic heterocycles. The minimum atomic E-state index is 0.00610. The molecule has 1 nitrogen and oxygen atoms in total.